The van der Waals surface area contributed by atoms with Gasteiger partial charge in [0.05, 0.1) is 4.90 Å². The van der Waals surface area contributed by atoms with E-state index < -0.39 is 10.0 Å². The molecule has 2 amide bonds. The Bertz CT molecular complexity index is 854. The topological polar surface area (TPSA) is 99.2 Å². The second kappa shape index (κ2) is 7.77. The molecule has 146 valence electrons. The third-order valence-corrected chi connectivity index (χ3v) is 6.77. The number of hydrazone groups is 1. The van der Waals surface area contributed by atoms with Gasteiger partial charge in [-0.15, -0.1) is 0 Å². The highest BCUT2D eigenvalue weighted by atomic mass is 32.2. The van der Waals surface area contributed by atoms with Gasteiger partial charge in [0.15, 0.2) is 0 Å². The molecule has 3 rings (SSSR count). The molecule has 1 N–H and O–H groups in total. The highest BCUT2D eigenvalue weighted by molar-refractivity contribution is 7.89. The molecule has 1 aromatic rings. The molecule has 0 aromatic heterocycles. The zero-order valence-electron chi connectivity index (χ0n) is 15.5. The van der Waals surface area contributed by atoms with Gasteiger partial charge >= 0.3 is 0 Å². The van der Waals surface area contributed by atoms with Crippen molar-refractivity contribution in [1.82, 2.24) is 14.6 Å². The van der Waals surface area contributed by atoms with Crippen molar-refractivity contribution >= 4 is 27.5 Å². The van der Waals surface area contributed by atoms with Crippen LogP contribution in [0.25, 0.3) is 0 Å². The SMILES string of the molecule is CC(C)c1ccc(S(=O)(=O)N2CCN(C(=O)C3=NNC(=O)CC3)CC2)cc1. The third kappa shape index (κ3) is 4.19. The summed E-state index contributed by atoms with van der Waals surface area (Å²) in [7, 11) is -3.58. The van der Waals surface area contributed by atoms with Gasteiger partial charge in [-0.1, -0.05) is 26.0 Å². The van der Waals surface area contributed by atoms with E-state index in [0.29, 0.717) is 31.1 Å². The molecule has 0 spiro atoms. The lowest BCUT2D eigenvalue weighted by Crippen LogP contribution is -2.52. The Hall–Kier alpha value is -2.26. The second-order valence-electron chi connectivity index (χ2n) is 7.01. The van der Waals surface area contributed by atoms with E-state index in [4.69, 9.17) is 0 Å². The van der Waals surface area contributed by atoms with Crippen molar-refractivity contribution in [2.75, 3.05) is 26.2 Å². The maximum absolute atomic E-state index is 12.8. The summed E-state index contributed by atoms with van der Waals surface area (Å²) < 4.78 is 27.1. The molecule has 0 bridgehead atoms. The van der Waals surface area contributed by atoms with E-state index in [0.717, 1.165) is 5.56 Å². The summed E-state index contributed by atoms with van der Waals surface area (Å²) in [5.41, 5.74) is 3.72. The molecular formula is C18H24N4O4S. The average molecular weight is 392 g/mol. The van der Waals surface area contributed by atoms with Crippen LogP contribution in [0.1, 0.15) is 38.2 Å². The van der Waals surface area contributed by atoms with Crippen molar-refractivity contribution in [2.24, 2.45) is 5.10 Å². The van der Waals surface area contributed by atoms with Crippen molar-refractivity contribution < 1.29 is 18.0 Å². The zero-order valence-corrected chi connectivity index (χ0v) is 16.3. The number of amides is 2. The van der Waals surface area contributed by atoms with E-state index in [1.54, 1.807) is 17.0 Å². The first kappa shape index (κ1) is 19.5. The maximum atomic E-state index is 12.8. The summed E-state index contributed by atoms with van der Waals surface area (Å²) in [6, 6.07) is 6.96. The molecular weight excluding hydrogens is 368 g/mol. The maximum Gasteiger partial charge on any atom is 0.270 e. The van der Waals surface area contributed by atoms with Crippen LogP contribution >= 0.6 is 0 Å². The molecule has 9 heteroatoms. The van der Waals surface area contributed by atoms with Gasteiger partial charge in [0.1, 0.15) is 5.71 Å². The highest BCUT2D eigenvalue weighted by Gasteiger charge is 2.32. The van der Waals surface area contributed by atoms with Crippen molar-refractivity contribution in [3.63, 3.8) is 0 Å². The average Bonchev–Trinajstić information content (AvgIpc) is 2.68. The van der Waals surface area contributed by atoms with Crippen LogP contribution in [0.15, 0.2) is 34.3 Å². The molecule has 1 fully saturated rings. The zero-order chi connectivity index (χ0) is 19.6. The molecule has 27 heavy (non-hydrogen) atoms. The Morgan fingerprint density at radius 1 is 1.07 bits per heavy atom. The van der Waals surface area contributed by atoms with Gasteiger partial charge < -0.3 is 4.90 Å². The van der Waals surface area contributed by atoms with Crippen LogP contribution < -0.4 is 5.43 Å². The summed E-state index contributed by atoms with van der Waals surface area (Å²) in [6.45, 7) is 5.19. The molecule has 2 heterocycles. The monoisotopic (exact) mass is 392 g/mol. The normalized spacial score (nSPS) is 19.0. The third-order valence-electron chi connectivity index (χ3n) is 4.86. The van der Waals surface area contributed by atoms with Crippen LogP contribution in [0.4, 0.5) is 0 Å². The van der Waals surface area contributed by atoms with Crippen LogP contribution in [0.5, 0.6) is 0 Å². The number of sulfonamides is 1. The van der Waals surface area contributed by atoms with Gasteiger partial charge in [-0.3, -0.25) is 9.59 Å². The number of carbonyl (C=O) groups excluding carboxylic acids is 2. The highest BCUT2D eigenvalue weighted by Crippen LogP contribution is 2.21. The van der Waals surface area contributed by atoms with Crippen LogP contribution in [0, 0.1) is 0 Å². The van der Waals surface area contributed by atoms with Gasteiger partial charge in [0.2, 0.25) is 15.9 Å². The Morgan fingerprint density at radius 3 is 2.22 bits per heavy atom. The van der Waals surface area contributed by atoms with Crippen LogP contribution in [-0.2, 0) is 19.6 Å². The van der Waals surface area contributed by atoms with Gasteiger partial charge in [-0.2, -0.15) is 9.41 Å². The number of hydrogen-bond acceptors (Lipinski definition) is 5. The fraction of sp³-hybridized carbons (Fsp3) is 0.500. The lowest BCUT2D eigenvalue weighted by molar-refractivity contribution is -0.125. The van der Waals surface area contributed by atoms with Crippen LogP contribution in [0.3, 0.4) is 0 Å². The standard InChI is InChI=1S/C18H24N4O4S/c1-13(2)14-3-5-15(6-4-14)27(25,26)22-11-9-21(10-12-22)18(24)16-7-8-17(23)20-19-16/h3-6,13H,7-12H2,1-2H3,(H,20,23). The second-order valence-corrected chi connectivity index (χ2v) is 8.95. The van der Waals surface area contributed by atoms with Crippen LogP contribution in [0.2, 0.25) is 0 Å². The summed E-state index contributed by atoms with van der Waals surface area (Å²) >= 11 is 0. The van der Waals surface area contributed by atoms with E-state index in [1.165, 1.54) is 4.31 Å². The molecule has 8 nitrogen and oxygen atoms in total. The van der Waals surface area contributed by atoms with E-state index in [9.17, 15) is 18.0 Å². The Balaban J connectivity index is 1.64. The quantitative estimate of drug-likeness (QED) is 0.823. The van der Waals surface area contributed by atoms with Crippen LogP contribution in [-0.4, -0.2) is 61.3 Å². The summed E-state index contributed by atoms with van der Waals surface area (Å²) in [5.74, 6) is -0.108. The fourth-order valence-corrected chi connectivity index (χ4v) is 4.54. The first-order valence-corrected chi connectivity index (χ1v) is 10.5. The predicted octanol–water partition coefficient (Wildman–Crippen LogP) is 0.909. The number of benzene rings is 1. The minimum atomic E-state index is -3.58. The molecule has 2 aliphatic rings. The molecule has 0 radical (unpaired) electrons. The number of hydrogen-bond donors (Lipinski definition) is 1. The van der Waals surface area contributed by atoms with Crippen molar-refractivity contribution in [2.45, 2.75) is 37.5 Å². The van der Waals surface area contributed by atoms with Gasteiger partial charge in [-0.25, -0.2) is 13.8 Å². The summed E-state index contributed by atoms with van der Waals surface area (Å²) in [6.07, 6.45) is 0.552. The van der Waals surface area contributed by atoms with E-state index in [1.807, 2.05) is 12.1 Å². The number of nitrogens with one attached hydrogen (secondary N) is 1. The van der Waals surface area contributed by atoms with E-state index in [2.05, 4.69) is 24.4 Å². The van der Waals surface area contributed by atoms with Gasteiger partial charge in [0, 0.05) is 39.0 Å². The van der Waals surface area contributed by atoms with Gasteiger partial charge in [-0.05, 0) is 23.6 Å². The molecule has 2 aliphatic heterocycles. The summed E-state index contributed by atoms with van der Waals surface area (Å²) in [4.78, 5) is 25.5. The Kier molecular flexibility index (Phi) is 5.61. The Morgan fingerprint density at radius 2 is 1.70 bits per heavy atom. The predicted molar refractivity (Wildman–Crippen MR) is 101 cm³/mol. The van der Waals surface area contributed by atoms with E-state index >= 15 is 0 Å². The molecule has 0 aliphatic carbocycles. The van der Waals surface area contributed by atoms with Crippen molar-refractivity contribution in [3.05, 3.63) is 29.8 Å². The van der Waals surface area contributed by atoms with Crippen molar-refractivity contribution in [1.29, 1.82) is 0 Å². The smallest absolute Gasteiger partial charge is 0.270 e. The lowest BCUT2D eigenvalue weighted by Gasteiger charge is -2.34. The van der Waals surface area contributed by atoms with Gasteiger partial charge in [0.25, 0.3) is 5.91 Å². The lowest BCUT2D eigenvalue weighted by atomic mass is 10.0. The molecule has 1 aromatic carbocycles. The number of rotatable bonds is 4. The number of nitrogens with zero attached hydrogens (tertiary/aromatic N) is 3. The first-order valence-electron chi connectivity index (χ1n) is 9.04. The Labute approximate surface area is 159 Å². The van der Waals surface area contributed by atoms with Crippen molar-refractivity contribution in [3.8, 4) is 0 Å². The minimum Gasteiger partial charge on any atom is -0.335 e. The molecule has 0 saturated carbocycles. The summed E-state index contributed by atoms with van der Waals surface area (Å²) in [5, 5.41) is 3.82. The molecule has 1 saturated heterocycles. The number of piperazine rings is 1. The molecule has 0 atom stereocenters. The first-order chi connectivity index (χ1) is 12.8. The fourth-order valence-electron chi connectivity index (χ4n) is 3.12. The minimum absolute atomic E-state index is 0.203. The van der Waals surface area contributed by atoms with E-state index in [-0.39, 0.29) is 36.2 Å². The largest absolute Gasteiger partial charge is 0.335 e. The number of carbonyl (C=O) groups is 2. The molecule has 0 unspecified atom stereocenters.